The molecule has 2 rings (SSSR count). The first-order chi connectivity index (χ1) is 14.1. The molecule has 0 radical (unpaired) electrons. The molecule has 164 valence electrons. The SMILES string of the molecule is Cc1cc(C)c([Si](C#C[Si](C)(C)C)(C#C[Si](C)(C)C)c2c(C)cc(C)cc2C)c(C)c1. The van der Waals surface area contributed by atoms with Crippen molar-refractivity contribution in [3.63, 3.8) is 0 Å². The molecule has 2 aromatic rings. The maximum Gasteiger partial charge on any atom is 0.275 e. The second kappa shape index (κ2) is 8.99. The molecule has 0 atom stereocenters. The summed E-state index contributed by atoms with van der Waals surface area (Å²) >= 11 is 0. The fourth-order valence-corrected chi connectivity index (χ4v) is 12.5. The lowest BCUT2D eigenvalue weighted by molar-refractivity contribution is 1.33. The molecule has 0 nitrogen and oxygen atoms in total. The van der Waals surface area contributed by atoms with E-state index in [-0.39, 0.29) is 0 Å². The first-order valence-corrected chi connectivity index (χ1v) is 20.3. The maximum absolute atomic E-state index is 3.98. The fourth-order valence-electron chi connectivity index (χ4n) is 4.51. The molecule has 2 aromatic carbocycles. The van der Waals surface area contributed by atoms with E-state index >= 15 is 0 Å². The van der Waals surface area contributed by atoms with Crippen LogP contribution in [0.2, 0.25) is 39.3 Å². The van der Waals surface area contributed by atoms with Crippen molar-refractivity contribution < 1.29 is 0 Å². The minimum atomic E-state index is -2.64. The summed E-state index contributed by atoms with van der Waals surface area (Å²) in [5.74, 6) is 0. The van der Waals surface area contributed by atoms with Crippen LogP contribution in [0, 0.1) is 63.7 Å². The summed E-state index contributed by atoms with van der Waals surface area (Å²) in [4.78, 5) is 0. The minimum absolute atomic E-state index is 1.32. The summed E-state index contributed by atoms with van der Waals surface area (Å²) in [6.45, 7) is 27.5. The van der Waals surface area contributed by atoms with Crippen molar-refractivity contribution in [2.24, 2.45) is 0 Å². The third-order valence-electron chi connectivity index (χ3n) is 5.35. The van der Waals surface area contributed by atoms with E-state index in [0.717, 1.165) is 0 Å². The Labute approximate surface area is 194 Å². The molecular formula is C28H40Si3. The molecule has 0 aliphatic heterocycles. The highest BCUT2D eigenvalue weighted by atomic mass is 28.3. The van der Waals surface area contributed by atoms with Gasteiger partial charge in [-0.1, -0.05) is 74.7 Å². The van der Waals surface area contributed by atoms with Crippen molar-refractivity contribution in [2.45, 2.75) is 80.8 Å². The molecule has 0 aliphatic carbocycles. The van der Waals surface area contributed by atoms with Crippen LogP contribution < -0.4 is 10.4 Å². The van der Waals surface area contributed by atoms with Crippen molar-refractivity contribution in [3.8, 4) is 22.2 Å². The third kappa shape index (κ3) is 6.13. The van der Waals surface area contributed by atoms with Crippen LogP contribution in [0.3, 0.4) is 0 Å². The predicted molar refractivity (Wildman–Crippen MR) is 149 cm³/mol. The van der Waals surface area contributed by atoms with E-state index in [4.69, 9.17) is 0 Å². The maximum atomic E-state index is 3.98. The lowest BCUT2D eigenvalue weighted by Gasteiger charge is -2.30. The van der Waals surface area contributed by atoms with Crippen molar-refractivity contribution in [1.82, 2.24) is 0 Å². The molecule has 0 heterocycles. The van der Waals surface area contributed by atoms with Gasteiger partial charge in [-0.05, 0) is 74.2 Å². The largest absolute Gasteiger partial charge is 0.275 e. The first kappa shape index (κ1) is 25.5. The minimum Gasteiger partial charge on any atom is -0.137 e. The van der Waals surface area contributed by atoms with Crippen LogP contribution in [0.15, 0.2) is 24.3 Å². The Bertz CT molecular complexity index is 980. The lowest BCUT2D eigenvalue weighted by Crippen LogP contribution is -2.61. The number of aryl methyl sites for hydroxylation is 6. The van der Waals surface area contributed by atoms with Gasteiger partial charge in [0.25, 0.3) is 8.07 Å². The van der Waals surface area contributed by atoms with Gasteiger partial charge in [0.1, 0.15) is 16.1 Å². The van der Waals surface area contributed by atoms with Crippen LogP contribution in [0.1, 0.15) is 33.4 Å². The first-order valence-electron chi connectivity index (χ1n) is 11.3. The van der Waals surface area contributed by atoms with Crippen molar-refractivity contribution >= 4 is 34.6 Å². The zero-order valence-corrected chi connectivity index (χ0v) is 24.8. The molecule has 0 amide bonds. The fraction of sp³-hybridized carbons (Fsp3) is 0.429. The van der Waals surface area contributed by atoms with Gasteiger partial charge in [0, 0.05) is 0 Å². The van der Waals surface area contributed by atoms with Crippen LogP contribution in [-0.2, 0) is 0 Å². The van der Waals surface area contributed by atoms with Crippen LogP contribution >= 0.6 is 0 Å². The summed E-state index contributed by atoms with van der Waals surface area (Å²) in [6, 6.07) is 9.31. The highest BCUT2D eigenvalue weighted by Gasteiger charge is 2.40. The zero-order chi connectivity index (χ0) is 23.8. The van der Waals surface area contributed by atoms with Crippen LogP contribution in [-0.4, -0.2) is 24.2 Å². The van der Waals surface area contributed by atoms with Gasteiger partial charge >= 0.3 is 0 Å². The van der Waals surface area contributed by atoms with Gasteiger partial charge in [-0.2, -0.15) is 0 Å². The van der Waals surface area contributed by atoms with E-state index in [1.54, 1.807) is 0 Å². The molecule has 0 aliphatic rings. The summed E-state index contributed by atoms with van der Waals surface area (Å²) < 4.78 is 0. The van der Waals surface area contributed by atoms with Crippen molar-refractivity contribution in [3.05, 3.63) is 57.6 Å². The summed E-state index contributed by atoms with van der Waals surface area (Å²) in [6.07, 6.45) is 0. The quantitative estimate of drug-likeness (QED) is 0.384. The Hall–Kier alpha value is -1.79. The topological polar surface area (TPSA) is 0 Å². The second-order valence-electron chi connectivity index (χ2n) is 11.3. The van der Waals surface area contributed by atoms with E-state index in [0.29, 0.717) is 0 Å². The molecule has 0 unspecified atom stereocenters. The Morgan fingerprint density at radius 3 is 0.935 bits per heavy atom. The van der Waals surface area contributed by atoms with E-state index < -0.39 is 24.2 Å². The molecule has 3 heteroatoms. The summed E-state index contributed by atoms with van der Waals surface area (Å²) in [5, 5.41) is 2.84. The molecule has 31 heavy (non-hydrogen) atoms. The molecule has 0 bridgehead atoms. The molecule has 0 saturated carbocycles. The number of hydrogen-bond acceptors (Lipinski definition) is 0. The normalized spacial score (nSPS) is 12.0. The van der Waals surface area contributed by atoms with Gasteiger partial charge in [0.15, 0.2) is 0 Å². The molecule has 0 spiro atoms. The monoisotopic (exact) mass is 460 g/mol. The van der Waals surface area contributed by atoms with E-state index in [1.807, 2.05) is 0 Å². The van der Waals surface area contributed by atoms with Gasteiger partial charge in [-0.25, -0.2) is 0 Å². The van der Waals surface area contributed by atoms with E-state index in [9.17, 15) is 0 Å². The molecule has 0 saturated heterocycles. The molecule has 0 fully saturated rings. The number of hydrogen-bond donors (Lipinski definition) is 0. The van der Waals surface area contributed by atoms with Gasteiger partial charge in [-0.3, -0.25) is 0 Å². The van der Waals surface area contributed by atoms with E-state index in [2.05, 4.69) is 127 Å². The van der Waals surface area contributed by atoms with E-state index in [1.165, 1.54) is 43.8 Å². The molecular weight excluding hydrogens is 421 g/mol. The van der Waals surface area contributed by atoms with Crippen LogP contribution in [0.5, 0.6) is 0 Å². The smallest absolute Gasteiger partial charge is 0.137 e. The second-order valence-corrected chi connectivity index (χ2v) is 23.8. The standard InChI is InChI=1S/C28H40Si3/c1-21-17-23(3)27(24(4)18-21)31(15-13-29(7,8)9,16-14-30(10,11)12)28-25(5)19-22(2)20-26(28)6/h17-20H,1-12H3. The summed E-state index contributed by atoms with van der Waals surface area (Å²) in [7, 11) is -5.81. The lowest BCUT2D eigenvalue weighted by atomic mass is 10.1. The van der Waals surface area contributed by atoms with Crippen LogP contribution in [0.25, 0.3) is 0 Å². The van der Waals surface area contributed by atoms with Gasteiger partial charge in [0.05, 0.1) is 0 Å². The molecule has 0 aromatic heterocycles. The Balaban J connectivity index is 3.18. The average Bonchev–Trinajstić information content (AvgIpc) is 2.54. The Morgan fingerprint density at radius 2 is 0.710 bits per heavy atom. The summed E-state index contributed by atoms with van der Waals surface area (Å²) in [5.41, 5.74) is 23.6. The Morgan fingerprint density at radius 1 is 0.452 bits per heavy atom. The van der Waals surface area contributed by atoms with Crippen LogP contribution in [0.4, 0.5) is 0 Å². The number of benzene rings is 2. The van der Waals surface area contributed by atoms with Gasteiger partial charge in [-0.15, -0.1) is 22.2 Å². The Kier molecular flexibility index (Phi) is 7.38. The highest BCUT2D eigenvalue weighted by Crippen LogP contribution is 2.19. The average molecular weight is 461 g/mol. The highest BCUT2D eigenvalue weighted by molar-refractivity contribution is 7.15. The van der Waals surface area contributed by atoms with Crippen molar-refractivity contribution in [1.29, 1.82) is 0 Å². The van der Waals surface area contributed by atoms with Gasteiger partial charge < -0.3 is 0 Å². The zero-order valence-electron chi connectivity index (χ0n) is 21.8. The predicted octanol–water partition coefficient (Wildman–Crippen LogP) is 5.94. The molecule has 0 N–H and O–H groups in total. The van der Waals surface area contributed by atoms with Crippen molar-refractivity contribution in [2.75, 3.05) is 0 Å². The number of rotatable bonds is 2. The third-order valence-corrected chi connectivity index (χ3v) is 11.7. The van der Waals surface area contributed by atoms with Gasteiger partial charge in [0.2, 0.25) is 0 Å².